The van der Waals surface area contributed by atoms with Gasteiger partial charge in [-0.25, -0.2) is 8.78 Å². The highest BCUT2D eigenvalue weighted by molar-refractivity contribution is 5.32. The molecule has 0 fully saturated rings. The predicted octanol–water partition coefficient (Wildman–Crippen LogP) is 1.53. The van der Waals surface area contributed by atoms with Crippen molar-refractivity contribution in [2.45, 2.75) is 12.7 Å². The van der Waals surface area contributed by atoms with Gasteiger partial charge in [0, 0.05) is 11.6 Å². The van der Waals surface area contributed by atoms with Crippen molar-refractivity contribution in [1.29, 1.82) is 0 Å². The molecule has 0 aliphatic carbocycles. The molecule has 1 N–H and O–H groups in total. The van der Waals surface area contributed by atoms with Gasteiger partial charge in [-0.15, -0.1) is 0 Å². The Hall–Kier alpha value is -1.00. The normalized spacial score (nSPS) is 21.3. The van der Waals surface area contributed by atoms with E-state index >= 15 is 0 Å². The van der Waals surface area contributed by atoms with Gasteiger partial charge in [0.15, 0.2) is 0 Å². The first-order chi connectivity index (χ1) is 6.18. The summed E-state index contributed by atoms with van der Waals surface area (Å²) in [4.78, 5) is 0. The molecule has 0 saturated heterocycles. The molecular weight excluding hydrogens is 178 g/mol. The van der Waals surface area contributed by atoms with Crippen LogP contribution in [0.2, 0.25) is 0 Å². The summed E-state index contributed by atoms with van der Waals surface area (Å²) in [5.41, 5.74) is 0.545. The van der Waals surface area contributed by atoms with Gasteiger partial charge in [0.25, 0.3) is 0 Å². The SMILES string of the molecule is OC1COCc2c(F)cc(F)cc21. The summed E-state index contributed by atoms with van der Waals surface area (Å²) in [6.07, 6.45) is -0.922. The molecule has 1 atom stereocenters. The fourth-order valence-electron chi connectivity index (χ4n) is 1.44. The highest BCUT2D eigenvalue weighted by Gasteiger charge is 2.22. The minimum atomic E-state index is -0.922. The highest BCUT2D eigenvalue weighted by atomic mass is 19.1. The van der Waals surface area contributed by atoms with E-state index in [0.717, 1.165) is 12.1 Å². The van der Waals surface area contributed by atoms with Crippen LogP contribution in [0.1, 0.15) is 17.2 Å². The second kappa shape index (κ2) is 3.05. The maximum Gasteiger partial charge on any atom is 0.132 e. The molecule has 2 rings (SSSR count). The van der Waals surface area contributed by atoms with Gasteiger partial charge in [0.05, 0.1) is 13.2 Å². The molecule has 0 spiro atoms. The molecule has 1 aliphatic rings. The van der Waals surface area contributed by atoms with Crippen LogP contribution in [0.15, 0.2) is 12.1 Å². The third-order valence-corrected chi connectivity index (χ3v) is 2.08. The van der Waals surface area contributed by atoms with Crippen LogP contribution in [0, 0.1) is 11.6 Å². The summed E-state index contributed by atoms with van der Waals surface area (Å²) in [5.74, 6) is -1.33. The van der Waals surface area contributed by atoms with Crippen molar-refractivity contribution in [2.75, 3.05) is 6.61 Å². The Morgan fingerprint density at radius 3 is 2.92 bits per heavy atom. The first-order valence-corrected chi connectivity index (χ1v) is 3.92. The maximum atomic E-state index is 13.1. The van der Waals surface area contributed by atoms with E-state index in [4.69, 9.17) is 4.74 Å². The Labute approximate surface area is 73.8 Å². The van der Waals surface area contributed by atoms with Crippen LogP contribution in [0.4, 0.5) is 8.78 Å². The average molecular weight is 186 g/mol. The lowest BCUT2D eigenvalue weighted by atomic mass is 10.0. The third-order valence-electron chi connectivity index (χ3n) is 2.08. The Balaban J connectivity index is 2.56. The van der Waals surface area contributed by atoms with E-state index in [1.54, 1.807) is 0 Å². The lowest BCUT2D eigenvalue weighted by Crippen LogP contribution is -2.17. The van der Waals surface area contributed by atoms with E-state index in [9.17, 15) is 13.9 Å². The van der Waals surface area contributed by atoms with Gasteiger partial charge < -0.3 is 9.84 Å². The van der Waals surface area contributed by atoms with Gasteiger partial charge in [0.1, 0.15) is 17.7 Å². The minimum absolute atomic E-state index is 0.0931. The number of fused-ring (bicyclic) bond motifs is 1. The number of aliphatic hydroxyl groups excluding tert-OH is 1. The fraction of sp³-hybridized carbons (Fsp3) is 0.333. The standard InChI is InChI=1S/C9H8F2O2/c10-5-1-6-7(8(11)2-5)3-13-4-9(6)12/h1-2,9,12H,3-4H2. The van der Waals surface area contributed by atoms with Gasteiger partial charge in [-0.1, -0.05) is 0 Å². The van der Waals surface area contributed by atoms with Crippen molar-refractivity contribution in [2.24, 2.45) is 0 Å². The van der Waals surface area contributed by atoms with Crippen LogP contribution in [-0.4, -0.2) is 11.7 Å². The van der Waals surface area contributed by atoms with Gasteiger partial charge in [-0.2, -0.15) is 0 Å². The van der Waals surface area contributed by atoms with Crippen LogP contribution in [0.5, 0.6) is 0 Å². The number of hydrogen-bond donors (Lipinski definition) is 1. The van der Waals surface area contributed by atoms with Crippen molar-refractivity contribution in [3.63, 3.8) is 0 Å². The molecule has 1 aliphatic heterocycles. The Morgan fingerprint density at radius 2 is 2.15 bits per heavy atom. The summed E-state index contributed by atoms with van der Waals surface area (Å²) in [7, 11) is 0. The number of benzene rings is 1. The molecular formula is C9H8F2O2. The lowest BCUT2D eigenvalue weighted by Gasteiger charge is -2.21. The van der Waals surface area contributed by atoms with E-state index in [0.29, 0.717) is 5.56 Å². The van der Waals surface area contributed by atoms with Gasteiger partial charge >= 0.3 is 0 Å². The van der Waals surface area contributed by atoms with Crippen molar-refractivity contribution in [3.8, 4) is 0 Å². The molecule has 0 saturated carbocycles. The predicted molar refractivity (Wildman–Crippen MR) is 41.0 cm³/mol. The van der Waals surface area contributed by atoms with Crippen molar-refractivity contribution in [3.05, 3.63) is 34.9 Å². The molecule has 1 aromatic carbocycles. The van der Waals surface area contributed by atoms with E-state index in [-0.39, 0.29) is 18.8 Å². The molecule has 70 valence electrons. The van der Waals surface area contributed by atoms with Crippen molar-refractivity contribution in [1.82, 2.24) is 0 Å². The maximum absolute atomic E-state index is 13.1. The van der Waals surface area contributed by atoms with Crippen LogP contribution < -0.4 is 0 Å². The van der Waals surface area contributed by atoms with Gasteiger partial charge in [0.2, 0.25) is 0 Å². The van der Waals surface area contributed by atoms with Crippen LogP contribution in [0.25, 0.3) is 0 Å². The zero-order chi connectivity index (χ0) is 9.42. The summed E-state index contributed by atoms with van der Waals surface area (Å²) < 4.78 is 30.7. The van der Waals surface area contributed by atoms with E-state index in [2.05, 4.69) is 0 Å². The van der Waals surface area contributed by atoms with Crippen LogP contribution in [-0.2, 0) is 11.3 Å². The molecule has 1 heterocycles. The summed E-state index contributed by atoms with van der Waals surface area (Å²) in [6, 6.07) is 1.94. The zero-order valence-electron chi connectivity index (χ0n) is 6.76. The molecule has 0 aromatic heterocycles. The lowest BCUT2D eigenvalue weighted by molar-refractivity contribution is 0.00776. The van der Waals surface area contributed by atoms with Gasteiger partial charge in [-0.05, 0) is 11.6 Å². The Morgan fingerprint density at radius 1 is 1.38 bits per heavy atom. The topological polar surface area (TPSA) is 29.5 Å². The zero-order valence-corrected chi connectivity index (χ0v) is 6.76. The van der Waals surface area contributed by atoms with E-state index < -0.39 is 17.7 Å². The molecule has 1 unspecified atom stereocenters. The number of aliphatic hydroxyl groups is 1. The first kappa shape index (κ1) is 8.59. The molecule has 1 aromatic rings. The number of rotatable bonds is 0. The highest BCUT2D eigenvalue weighted by Crippen LogP contribution is 2.27. The molecule has 0 radical (unpaired) electrons. The molecule has 13 heavy (non-hydrogen) atoms. The second-order valence-electron chi connectivity index (χ2n) is 2.99. The first-order valence-electron chi connectivity index (χ1n) is 3.92. The fourth-order valence-corrected chi connectivity index (χ4v) is 1.44. The van der Waals surface area contributed by atoms with Crippen LogP contribution in [0.3, 0.4) is 0 Å². The number of ether oxygens (including phenoxy) is 1. The largest absolute Gasteiger partial charge is 0.386 e. The smallest absolute Gasteiger partial charge is 0.132 e. The average Bonchev–Trinajstić information content (AvgIpc) is 2.07. The number of hydrogen-bond acceptors (Lipinski definition) is 2. The Bertz CT molecular complexity index is 339. The Kier molecular flexibility index (Phi) is 2.01. The van der Waals surface area contributed by atoms with Crippen molar-refractivity contribution >= 4 is 0 Å². The molecule has 2 nitrogen and oxygen atoms in total. The van der Waals surface area contributed by atoms with Crippen molar-refractivity contribution < 1.29 is 18.6 Å². The molecule has 0 bridgehead atoms. The van der Waals surface area contributed by atoms with E-state index in [1.165, 1.54) is 0 Å². The summed E-state index contributed by atoms with van der Waals surface area (Å²) >= 11 is 0. The molecule has 0 amide bonds. The van der Waals surface area contributed by atoms with Gasteiger partial charge in [-0.3, -0.25) is 0 Å². The van der Waals surface area contributed by atoms with Crippen LogP contribution >= 0.6 is 0 Å². The minimum Gasteiger partial charge on any atom is -0.386 e. The number of halogens is 2. The summed E-state index contributed by atoms with van der Waals surface area (Å²) in [5, 5.41) is 9.35. The quantitative estimate of drug-likeness (QED) is 0.665. The second-order valence-corrected chi connectivity index (χ2v) is 2.99. The van der Waals surface area contributed by atoms with E-state index in [1.807, 2.05) is 0 Å². The monoisotopic (exact) mass is 186 g/mol. The summed E-state index contributed by atoms with van der Waals surface area (Å²) in [6.45, 7) is 0.189. The third kappa shape index (κ3) is 1.43. The molecule has 4 heteroatoms.